The van der Waals surface area contributed by atoms with Crippen LogP contribution in [0.25, 0.3) is 0 Å². The average molecular weight is 470 g/mol. The van der Waals surface area contributed by atoms with Crippen molar-refractivity contribution in [2.45, 2.75) is 26.3 Å². The summed E-state index contributed by atoms with van der Waals surface area (Å²) in [4.78, 5) is 44.2. The van der Waals surface area contributed by atoms with Gasteiger partial charge in [-0.3, -0.25) is 9.80 Å². The Morgan fingerprint density at radius 3 is 2.62 bits per heavy atom. The van der Waals surface area contributed by atoms with E-state index in [4.69, 9.17) is 4.74 Å². The molecule has 0 spiro atoms. The highest BCUT2D eigenvalue weighted by molar-refractivity contribution is 5.95. The lowest BCUT2D eigenvalue weighted by Gasteiger charge is -2.38. The van der Waals surface area contributed by atoms with Gasteiger partial charge in [0.25, 0.3) is 0 Å². The second-order valence-electron chi connectivity index (χ2n) is 8.23. The summed E-state index contributed by atoms with van der Waals surface area (Å²) in [6, 6.07) is 8.48. The number of esters is 1. The number of benzene rings is 1. The molecule has 0 aromatic heterocycles. The van der Waals surface area contributed by atoms with E-state index in [9.17, 15) is 14.4 Å². The molecule has 0 radical (unpaired) electrons. The summed E-state index contributed by atoms with van der Waals surface area (Å²) >= 11 is 0. The molecule has 0 bridgehead atoms. The molecule has 1 fully saturated rings. The van der Waals surface area contributed by atoms with Crippen molar-refractivity contribution in [2.75, 3.05) is 52.4 Å². The molecule has 1 aromatic carbocycles. The lowest BCUT2D eigenvalue weighted by atomic mass is 9.94. The van der Waals surface area contributed by atoms with E-state index < -0.39 is 12.0 Å². The third kappa shape index (κ3) is 5.96. The number of amides is 4. The van der Waals surface area contributed by atoms with Gasteiger partial charge in [0.2, 0.25) is 0 Å². The zero-order chi connectivity index (χ0) is 24.5. The molecule has 1 saturated heterocycles. The van der Waals surface area contributed by atoms with Gasteiger partial charge in [-0.1, -0.05) is 36.4 Å². The first kappa shape index (κ1) is 25.3. The fourth-order valence-electron chi connectivity index (χ4n) is 4.35. The Bertz CT molecular complexity index is 917. The third-order valence-electron chi connectivity index (χ3n) is 5.96. The Hall–Kier alpha value is -3.33. The lowest BCUT2D eigenvalue weighted by Crippen LogP contribution is -2.51. The predicted molar refractivity (Wildman–Crippen MR) is 130 cm³/mol. The van der Waals surface area contributed by atoms with Gasteiger partial charge < -0.3 is 20.3 Å². The summed E-state index contributed by atoms with van der Waals surface area (Å²) in [5.41, 5.74) is 1.86. The van der Waals surface area contributed by atoms with E-state index >= 15 is 0 Å². The number of ether oxygens (including phenoxy) is 1. The van der Waals surface area contributed by atoms with Crippen LogP contribution in [-0.2, 0) is 9.53 Å². The maximum absolute atomic E-state index is 13.2. The van der Waals surface area contributed by atoms with Gasteiger partial charge in [0.05, 0.1) is 18.2 Å². The fourth-order valence-corrected chi connectivity index (χ4v) is 4.35. The summed E-state index contributed by atoms with van der Waals surface area (Å²) in [7, 11) is 0. The molecular weight excluding hydrogens is 434 g/mol. The largest absolute Gasteiger partial charge is 0.463 e. The van der Waals surface area contributed by atoms with Crippen molar-refractivity contribution in [3.8, 4) is 0 Å². The van der Waals surface area contributed by atoms with Crippen LogP contribution in [0.5, 0.6) is 0 Å². The van der Waals surface area contributed by atoms with Crippen molar-refractivity contribution < 1.29 is 19.1 Å². The Morgan fingerprint density at radius 2 is 1.94 bits per heavy atom. The van der Waals surface area contributed by atoms with Crippen molar-refractivity contribution >= 4 is 18.0 Å². The van der Waals surface area contributed by atoms with E-state index in [-0.39, 0.29) is 25.2 Å². The van der Waals surface area contributed by atoms with Crippen LogP contribution in [0.4, 0.5) is 9.59 Å². The highest BCUT2D eigenvalue weighted by Gasteiger charge is 2.38. The van der Waals surface area contributed by atoms with Crippen LogP contribution in [0.1, 0.15) is 31.9 Å². The fraction of sp³-hybridized carbons (Fsp3) is 0.480. The highest BCUT2D eigenvalue weighted by atomic mass is 16.5. The van der Waals surface area contributed by atoms with Crippen molar-refractivity contribution in [3.05, 3.63) is 59.8 Å². The van der Waals surface area contributed by atoms with Crippen LogP contribution in [-0.4, -0.2) is 85.2 Å². The molecule has 3 rings (SSSR count). The molecule has 0 saturated carbocycles. The van der Waals surface area contributed by atoms with Crippen LogP contribution >= 0.6 is 0 Å². The minimum Gasteiger partial charge on any atom is -0.463 e. The molecule has 4 amide bonds. The minimum absolute atomic E-state index is 0.0646. The predicted octanol–water partition coefficient (Wildman–Crippen LogP) is 2.49. The van der Waals surface area contributed by atoms with Gasteiger partial charge in [0, 0.05) is 51.5 Å². The van der Waals surface area contributed by atoms with Gasteiger partial charge in [-0.05, 0) is 25.8 Å². The van der Waals surface area contributed by atoms with Crippen LogP contribution < -0.4 is 10.6 Å². The molecule has 9 nitrogen and oxygen atoms in total. The molecule has 9 heteroatoms. The van der Waals surface area contributed by atoms with Crippen LogP contribution in [0.3, 0.4) is 0 Å². The normalized spacial score (nSPS) is 19.4. The number of hydrogen-bond acceptors (Lipinski definition) is 5. The molecule has 184 valence electrons. The van der Waals surface area contributed by atoms with Gasteiger partial charge in [0.1, 0.15) is 0 Å². The molecule has 2 heterocycles. The molecule has 0 aliphatic carbocycles. The molecule has 2 N–H and O–H groups in total. The standard InChI is InChI=1S/C25H35N5O4/c1-4-13-30-20(18-28-14-10-15-29(17-16-28)24(32)26-5-2)21(23(31)34-6-3)22(27-25(30)33)19-11-8-7-9-12-19/h4,7-9,11-12,22H,1,5-6,10,13-18H2,2-3H3,(H,26,32)(H,27,33). The molecule has 2 aliphatic heterocycles. The van der Waals surface area contributed by atoms with E-state index in [1.807, 2.05) is 42.2 Å². The molecule has 34 heavy (non-hydrogen) atoms. The summed E-state index contributed by atoms with van der Waals surface area (Å²) < 4.78 is 5.43. The second-order valence-corrected chi connectivity index (χ2v) is 8.23. The van der Waals surface area contributed by atoms with Gasteiger partial charge in [-0.15, -0.1) is 6.58 Å². The minimum atomic E-state index is -0.609. The van der Waals surface area contributed by atoms with Crippen molar-refractivity contribution in [3.63, 3.8) is 0 Å². The number of carbonyl (C=O) groups is 3. The van der Waals surface area contributed by atoms with Gasteiger partial charge >= 0.3 is 18.0 Å². The maximum atomic E-state index is 13.2. The van der Waals surface area contributed by atoms with Crippen molar-refractivity contribution in [1.82, 2.24) is 25.3 Å². The van der Waals surface area contributed by atoms with E-state index in [1.54, 1.807) is 17.9 Å². The Labute approximate surface area is 201 Å². The van der Waals surface area contributed by atoms with Gasteiger partial charge in [0.15, 0.2) is 0 Å². The van der Waals surface area contributed by atoms with Gasteiger partial charge in [-0.25, -0.2) is 14.4 Å². The second kappa shape index (κ2) is 12.2. The Balaban J connectivity index is 1.96. The van der Waals surface area contributed by atoms with E-state index in [0.717, 1.165) is 18.5 Å². The van der Waals surface area contributed by atoms with Gasteiger partial charge in [-0.2, -0.15) is 0 Å². The van der Waals surface area contributed by atoms with Crippen LogP contribution in [0.15, 0.2) is 54.3 Å². The number of nitrogens with one attached hydrogen (secondary N) is 2. The summed E-state index contributed by atoms with van der Waals surface area (Å²) in [6.07, 6.45) is 2.44. The first-order chi connectivity index (χ1) is 16.5. The van der Waals surface area contributed by atoms with E-state index in [0.29, 0.717) is 44.0 Å². The quantitative estimate of drug-likeness (QED) is 0.451. The third-order valence-corrected chi connectivity index (χ3v) is 5.96. The summed E-state index contributed by atoms with van der Waals surface area (Å²) in [6.45, 7) is 11.6. The first-order valence-corrected chi connectivity index (χ1v) is 11.9. The number of urea groups is 2. The Kier molecular flexibility index (Phi) is 9.09. The molecule has 1 atom stereocenters. The summed E-state index contributed by atoms with van der Waals surface area (Å²) in [5.74, 6) is -0.445. The molecule has 2 aliphatic rings. The number of rotatable bonds is 8. The smallest absolute Gasteiger partial charge is 0.338 e. The molecular formula is C25H35N5O4. The monoisotopic (exact) mass is 469 g/mol. The molecule has 1 aromatic rings. The topological polar surface area (TPSA) is 94.2 Å². The maximum Gasteiger partial charge on any atom is 0.338 e. The zero-order valence-electron chi connectivity index (χ0n) is 20.1. The lowest BCUT2D eigenvalue weighted by molar-refractivity contribution is -0.139. The average Bonchev–Trinajstić information content (AvgIpc) is 3.07. The van der Waals surface area contributed by atoms with Crippen LogP contribution in [0.2, 0.25) is 0 Å². The Morgan fingerprint density at radius 1 is 1.18 bits per heavy atom. The highest BCUT2D eigenvalue weighted by Crippen LogP contribution is 2.32. The zero-order valence-corrected chi connectivity index (χ0v) is 20.1. The number of nitrogens with zero attached hydrogens (tertiary/aromatic N) is 3. The van der Waals surface area contributed by atoms with Crippen molar-refractivity contribution in [1.29, 1.82) is 0 Å². The van der Waals surface area contributed by atoms with Crippen LogP contribution in [0, 0.1) is 0 Å². The number of hydrogen-bond donors (Lipinski definition) is 2. The SMILES string of the molecule is C=CCN1C(=O)NC(c2ccccc2)C(C(=O)OCC)=C1CN1CCCN(C(=O)NCC)CC1. The van der Waals surface area contributed by atoms with E-state index in [1.165, 1.54) is 0 Å². The van der Waals surface area contributed by atoms with E-state index in [2.05, 4.69) is 22.1 Å². The molecule has 1 unspecified atom stereocenters. The summed E-state index contributed by atoms with van der Waals surface area (Å²) in [5, 5.41) is 5.83. The van der Waals surface area contributed by atoms with Crippen molar-refractivity contribution in [2.24, 2.45) is 0 Å². The number of carbonyl (C=O) groups excluding carboxylic acids is 3. The first-order valence-electron chi connectivity index (χ1n) is 11.9.